The van der Waals surface area contributed by atoms with Gasteiger partial charge in [0.2, 0.25) is 10.0 Å². The number of thiazole rings is 1. The molecule has 5 rings (SSSR count). The second kappa shape index (κ2) is 9.61. The van der Waals surface area contributed by atoms with Crippen LogP contribution in [0.15, 0.2) is 83.1 Å². The number of aromatic nitrogens is 1. The highest BCUT2D eigenvalue weighted by Crippen LogP contribution is 2.28. The number of anilines is 1. The quantitative estimate of drug-likeness (QED) is 0.406. The van der Waals surface area contributed by atoms with Crippen molar-refractivity contribution in [3.63, 3.8) is 0 Å². The fourth-order valence-corrected chi connectivity index (χ4v) is 6.15. The van der Waals surface area contributed by atoms with Crippen molar-refractivity contribution < 1.29 is 17.9 Å². The number of benzene rings is 3. The number of rotatable bonds is 6. The predicted molar refractivity (Wildman–Crippen MR) is 136 cm³/mol. The van der Waals surface area contributed by atoms with Crippen LogP contribution < -0.4 is 10.1 Å². The molecule has 35 heavy (non-hydrogen) atoms. The second-order valence-corrected chi connectivity index (χ2v) is 10.9. The molecule has 9 heteroatoms. The Bertz CT molecular complexity index is 1480. The molecular formula is C26H23N3O4S2. The van der Waals surface area contributed by atoms with E-state index in [9.17, 15) is 13.2 Å². The van der Waals surface area contributed by atoms with E-state index in [1.54, 1.807) is 7.11 Å². The first-order valence-corrected chi connectivity index (χ1v) is 13.3. The Morgan fingerprint density at radius 3 is 2.57 bits per heavy atom. The summed E-state index contributed by atoms with van der Waals surface area (Å²) in [5.41, 5.74) is 4.17. The molecule has 0 atom stereocenters. The van der Waals surface area contributed by atoms with Crippen molar-refractivity contribution in [1.29, 1.82) is 0 Å². The minimum absolute atomic E-state index is 0.169. The third kappa shape index (κ3) is 4.84. The number of carbonyl (C=O) groups is 1. The van der Waals surface area contributed by atoms with Gasteiger partial charge in [-0.15, -0.1) is 11.3 Å². The molecule has 0 fully saturated rings. The van der Waals surface area contributed by atoms with Gasteiger partial charge in [-0.05, 0) is 53.9 Å². The van der Waals surface area contributed by atoms with Gasteiger partial charge in [-0.1, -0.05) is 36.4 Å². The van der Waals surface area contributed by atoms with Gasteiger partial charge in [0.05, 0.1) is 17.7 Å². The topological polar surface area (TPSA) is 88.6 Å². The van der Waals surface area contributed by atoms with Crippen LogP contribution in [0.5, 0.6) is 5.75 Å². The monoisotopic (exact) mass is 505 g/mol. The first-order valence-electron chi connectivity index (χ1n) is 11.0. The number of nitrogens with zero attached hydrogens (tertiary/aromatic N) is 2. The maximum absolute atomic E-state index is 13.2. The minimum atomic E-state index is -3.66. The van der Waals surface area contributed by atoms with Crippen molar-refractivity contribution in [3.05, 3.63) is 94.9 Å². The highest BCUT2D eigenvalue weighted by Gasteiger charge is 2.28. The van der Waals surface area contributed by atoms with E-state index < -0.39 is 10.0 Å². The van der Waals surface area contributed by atoms with E-state index in [-0.39, 0.29) is 10.8 Å². The van der Waals surface area contributed by atoms with Crippen LogP contribution in [0.4, 0.5) is 5.13 Å². The van der Waals surface area contributed by atoms with Crippen LogP contribution in [-0.2, 0) is 23.0 Å². The van der Waals surface area contributed by atoms with Gasteiger partial charge in [-0.3, -0.25) is 10.1 Å². The highest BCUT2D eigenvalue weighted by atomic mass is 32.2. The van der Waals surface area contributed by atoms with E-state index >= 15 is 0 Å². The summed E-state index contributed by atoms with van der Waals surface area (Å²) in [4.78, 5) is 17.4. The lowest BCUT2D eigenvalue weighted by molar-refractivity contribution is 0.102. The van der Waals surface area contributed by atoms with Crippen LogP contribution in [-0.4, -0.2) is 37.3 Å². The largest absolute Gasteiger partial charge is 0.497 e. The maximum Gasteiger partial charge on any atom is 0.257 e. The third-order valence-corrected chi connectivity index (χ3v) is 8.56. The minimum Gasteiger partial charge on any atom is -0.497 e. The summed E-state index contributed by atoms with van der Waals surface area (Å²) in [6.45, 7) is 0.779. The molecule has 3 aromatic carbocycles. The lowest BCUT2D eigenvalue weighted by Gasteiger charge is -2.28. The predicted octanol–water partition coefficient (Wildman–Crippen LogP) is 4.82. The Kier molecular flexibility index (Phi) is 6.38. The molecular weight excluding hydrogens is 482 g/mol. The normalized spacial score (nSPS) is 13.7. The van der Waals surface area contributed by atoms with Gasteiger partial charge in [0.15, 0.2) is 5.13 Å². The van der Waals surface area contributed by atoms with Crippen LogP contribution in [0.2, 0.25) is 0 Å². The maximum atomic E-state index is 13.2. The molecule has 178 valence electrons. The van der Waals surface area contributed by atoms with E-state index in [0.29, 0.717) is 30.2 Å². The van der Waals surface area contributed by atoms with Crippen molar-refractivity contribution in [2.45, 2.75) is 17.9 Å². The fraction of sp³-hybridized carbons (Fsp3) is 0.154. The smallest absolute Gasteiger partial charge is 0.257 e. The van der Waals surface area contributed by atoms with Gasteiger partial charge in [-0.2, -0.15) is 4.31 Å². The van der Waals surface area contributed by atoms with Crippen molar-refractivity contribution in [1.82, 2.24) is 9.29 Å². The van der Waals surface area contributed by atoms with E-state index in [2.05, 4.69) is 10.3 Å². The average molecular weight is 506 g/mol. The number of fused-ring (bicyclic) bond motifs is 1. The Balaban J connectivity index is 1.27. The average Bonchev–Trinajstić information content (AvgIpc) is 3.37. The van der Waals surface area contributed by atoms with Gasteiger partial charge in [0.1, 0.15) is 5.75 Å². The number of hydrogen-bond acceptors (Lipinski definition) is 6. The Hall–Kier alpha value is -3.53. The standard InChI is InChI=1S/C26H23N3O4S2/c1-33-22-8-4-7-20(15-22)24-17-34-26(27-24)28-25(30)19-9-11-23(12-10-19)35(31,32)29-14-13-18-5-2-3-6-21(18)16-29/h2-12,15,17H,13-14,16H2,1H3,(H,27,28,30). The molecule has 0 bridgehead atoms. The molecule has 2 heterocycles. The van der Waals surface area contributed by atoms with Gasteiger partial charge in [-0.25, -0.2) is 13.4 Å². The van der Waals surface area contributed by atoms with E-state index in [0.717, 1.165) is 22.6 Å². The summed E-state index contributed by atoms with van der Waals surface area (Å²) >= 11 is 1.32. The highest BCUT2D eigenvalue weighted by molar-refractivity contribution is 7.89. The van der Waals surface area contributed by atoms with Crippen molar-refractivity contribution in [2.24, 2.45) is 0 Å². The Labute approximate surface area is 208 Å². The van der Waals surface area contributed by atoms with Gasteiger partial charge >= 0.3 is 0 Å². The van der Waals surface area contributed by atoms with E-state index in [4.69, 9.17) is 4.74 Å². The second-order valence-electron chi connectivity index (χ2n) is 8.11. The van der Waals surface area contributed by atoms with Crippen LogP contribution in [0.1, 0.15) is 21.5 Å². The molecule has 0 saturated heterocycles. The summed E-state index contributed by atoms with van der Waals surface area (Å²) in [6, 6.07) is 21.4. The first kappa shape index (κ1) is 23.2. The zero-order valence-electron chi connectivity index (χ0n) is 19.0. The number of sulfonamides is 1. The molecule has 7 nitrogen and oxygen atoms in total. The summed E-state index contributed by atoms with van der Waals surface area (Å²) in [7, 11) is -2.05. The number of amides is 1. The zero-order valence-corrected chi connectivity index (χ0v) is 20.6. The molecule has 1 N–H and O–H groups in total. The van der Waals surface area contributed by atoms with Crippen molar-refractivity contribution >= 4 is 32.4 Å². The lowest BCUT2D eigenvalue weighted by Crippen LogP contribution is -2.35. The van der Waals surface area contributed by atoms with Crippen LogP contribution >= 0.6 is 11.3 Å². The van der Waals surface area contributed by atoms with E-state index in [1.807, 2.05) is 53.9 Å². The first-order chi connectivity index (χ1) is 16.9. The molecule has 1 aliphatic rings. The fourth-order valence-electron chi connectivity index (χ4n) is 4.02. The van der Waals surface area contributed by atoms with Gasteiger partial charge in [0, 0.05) is 29.6 Å². The van der Waals surface area contributed by atoms with Gasteiger partial charge in [0.25, 0.3) is 5.91 Å². The summed E-state index contributed by atoms with van der Waals surface area (Å²) < 4.78 is 33.1. The molecule has 0 aliphatic carbocycles. The Morgan fingerprint density at radius 2 is 1.80 bits per heavy atom. The summed E-state index contributed by atoms with van der Waals surface area (Å²) in [6.07, 6.45) is 0.682. The van der Waals surface area contributed by atoms with Crippen molar-refractivity contribution in [3.8, 4) is 17.0 Å². The van der Waals surface area contributed by atoms with Crippen LogP contribution in [0.3, 0.4) is 0 Å². The molecule has 1 aliphatic heterocycles. The molecule has 0 spiro atoms. The van der Waals surface area contributed by atoms with Crippen LogP contribution in [0.25, 0.3) is 11.3 Å². The summed E-state index contributed by atoms with van der Waals surface area (Å²) in [5.74, 6) is 0.372. The van der Waals surface area contributed by atoms with E-state index in [1.165, 1.54) is 45.5 Å². The molecule has 0 unspecified atom stereocenters. The SMILES string of the molecule is COc1cccc(-c2csc(NC(=O)c3ccc(S(=O)(=O)N4CCc5ccccc5C4)cc3)n2)c1. The third-order valence-electron chi connectivity index (χ3n) is 5.94. The number of carbonyl (C=O) groups excluding carboxylic acids is 1. The Morgan fingerprint density at radius 1 is 1.03 bits per heavy atom. The molecule has 0 saturated carbocycles. The number of hydrogen-bond donors (Lipinski definition) is 1. The van der Waals surface area contributed by atoms with Crippen molar-refractivity contribution in [2.75, 3.05) is 19.0 Å². The number of methoxy groups -OCH3 is 1. The zero-order chi connectivity index (χ0) is 24.4. The molecule has 1 amide bonds. The van der Waals surface area contributed by atoms with Crippen LogP contribution in [0, 0.1) is 0 Å². The molecule has 0 radical (unpaired) electrons. The number of nitrogens with one attached hydrogen (secondary N) is 1. The van der Waals surface area contributed by atoms with Gasteiger partial charge < -0.3 is 4.74 Å². The molecule has 4 aromatic rings. The lowest BCUT2D eigenvalue weighted by atomic mass is 10.0. The number of ether oxygens (including phenoxy) is 1. The molecule has 1 aromatic heterocycles. The summed E-state index contributed by atoms with van der Waals surface area (Å²) in [5, 5.41) is 5.10.